The van der Waals surface area contributed by atoms with Crippen molar-refractivity contribution in [3.63, 3.8) is 0 Å². The van der Waals surface area contributed by atoms with Crippen LogP contribution in [-0.2, 0) is 36.7 Å². The molecule has 3 saturated carbocycles. The minimum absolute atomic E-state index is 0.00536. The zero-order chi connectivity index (χ0) is 31.6. The van der Waals surface area contributed by atoms with Gasteiger partial charge in [-0.1, -0.05) is 51.5 Å². The van der Waals surface area contributed by atoms with Crippen LogP contribution in [0.4, 0.5) is 9.59 Å². The van der Waals surface area contributed by atoms with Gasteiger partial charge in [0.1, 0.15) is 17.7 Å². The summed E-state index contributed by atoms with van der Waals surface area (Å²) in [7, 11) is -0.564. The van der Waals surface area contributed by atoms with Gasteiger partial charge in [-0.2, -0.15) is 0 Å². The van der Waals surface area contributed by atoms with E-state index in [4.69, 9.17) is 18.8 Å². The third kappa shape index (κ3) is 5.59. The van der Waals surface area contributed by atoms with E-state index in [0.29, 0.717) is 31.3 Å². The molecule has 0 aromatic heterocycles. The average Bonchev–Trinajstić information content (AvgIpc) is 3.66. The lowest BCUT2D eigenvalue weighted by atomic mass is 9.43. The predicted octanol–water partition coefficient (Wildman–Crippen LogP) is 5.07. The van der Waals surface area contributed by atoms with Crippen molar-refractivity contribution in [2.75, 3.05) is 6.54 Å². The number of carbonyl (C=O) groups excluding carboxylic acids is 3. The minimum Gasteiger partial charge on any atom is -0.444 e. The molecule has 240 valence electrons. The fourth-order valence-corrected chi connectivity index (χ4v) is 8.27. The molecule has 7 rings (SSSR count). The molecule has 11 heteroatoms. The number of amides is 3. The molecule has 2 bridgehead atoms. The number of nitrogens with one attached hydrogen (secondary N) is 1. The van der Waals surface area contributed by atoms with Crippen LogP contribution in [0, 0.1) is 17.3 Å². The standard InChI is InChI=1S/C33H48BN3O7/c1-8-11-27(34-43-26-15-22-14-25(32(22,5)6)33(26,7)44-34)35-28(38)24-16-23(19-37(24)30(40)42-31(2,3)4)41-29(39)36-17-20-12-9-10-13-21(20)18-36/h9-10,12-13,22-27H,8,11,14-19H2,1-7H3,(H,35,38)/t22-,23-,24+,25-,26-,27+,33+/m1/s1. The quantitative estimate of drug-likeness (QED) is 0.449. The van der Waals surface area contributed by atoms with Crippen molar-refractivity contribution in [2.45, 2.75) is 129 Å². The summed E-state index contributed by atoms with van der Waals surface area (Å²) in [5, 5.41) is 3.18. The Balaban J connectivity index is 1.14. The topological polar surface area (TPSA) is 107 Å². The van der Waals surface area contributed by atoms with Gasteiger partial charge in [-0.05, 0) is 75.3 Å². The molecule has 3 heterocycles. The van der Waals surface area contributed by atoms with Gasteiger partial charge >= 0.3 is 19.3 Å². The zero-order valence-electron chi connectivity index (χ0n) is 27.3. The summed E-state index contributed by atoms with van der Waals surface area (Å²) in [5.74, 6) is 0.346. The van der Waals surface area contributed by atoms with E-state index in [1.807, 2.05) is 24.3 Å². The number of ether oxygens (including phenoxy) is 2. The van der Waals surface area contributed by atoms with Crippen molar-refractivity contribution in [3.05, 3.63) is 35.4 Å². The van der Waals surface area contributed by atoms with Gasteiger partial charge in [-0.15, -0.1) is 0 Å². The van der Waals surface area contributed by atoms with Crippen LogP contribution < -0.4 is 5.32 Å². The average molecular weight is 610 g/mol. The maximum absolute atomic E-state index is 14.0. The Morgan fingerprint density at radius 3 is 2.36 bits per heavy atom. The number of fused-ring (bicyclic) bond motifs is 1. The molecule has 10 nitrogen and oxygen atoms in total. The van der Waals surface area contributed by atoms with Gasteiger partial charge in [0.05, 0.1) is 24.2 Å². The van der Waals surface area contributed by atoms with Gasteiger partial charge in [0.15, 0.2) is 0 Å². The van der Waals surface area contributed by atoms with E-state index in [1.165, 1.54) is 4.90 Å². The summed E-state index contributed by atoms with van der Waals surface area (Å²) in [6, 6.07) is 7.07. The number of nitrogens with zero attached hydrogens (tertiary/aromatic N) is 2. The van der Waals surface area contributed by atoms with Gasteiger partial charge in [0, 0.05) is 19.5 Å². The summed E-state index contributed by atoms with van der Waals surface area (Å²) in [4.78, 5) is 43.5. The molecule has 1 aromatic rings. The fraction of sp³-hybridized carbons (Fsp3) is 0.727. The first kappa shape index (κ1) is 31.2. The molecule has 0 unspecified atom stereocenters. The summed E-state index contributed by atoms with van der Waals surface area (Å²) in [6.07, 6.45) is 2.09. The second kappa shape index (κ2) is 11.2. The molecule has 0 radical (unpaired) electrons. The van der Waals surface area contributed by atoms with Gasteiger partial charge in [0.2, 0.25) is 5.91 Å². The van der Waals surface area contributed by atoms with E-state index in [0.717, 1.165) is 30.4 Å². The van der Waals surface area contributed by atoms with Crippen LogP contribution in [0.15, 0.2) is 24.3 Å². The van der Waals surface area contributed by atoms with Crippen LogP contribution in [0.25, 0.3) is 0 Å². The summed E-state index contributed by atoms with van der Waals surface area (Å²) < 4.78 is 24.8. The largest absolute Gasteiger partial charge is 0.481 e. The van der Waals surface area contributed by atoms with E-state index in [1.54, 1.807) is 25.7 Å². The molecule has 3 aliphatic heterocycles. The molecule has 44 heavy (non-hydrogen) atoms. The lowest BCUT2D eigenvalue weighted by molar-refractivity contribution is -0.199. The predicted molar refractivity (Wildman–Crippen MR) is 164 cm³/mol. The minimum atomic E-state index is -0.858. The highest BCUT2D eigenvalue weighted by Crippen LogP contribution is 2.65. The number of rotatable bonds is 6. The van der Waals surface area contributed by atoms with E-state index >= 15 is 0 Å². The lowest BCUT2D eigenvalue weighted by Gasteiger charge is -2.64. The van der Waals surface area contributed by atoms with Crippen LogP contribution in [0.1, 0.15) is 91.7 Å². The van der Waals surface area contributed by atoms with Gasteiger partial charge in [0.25, 0.3) is 0 Å². The first-order chi connectivity index (χ1) is 20.7. The van der Waals surface area contributed by atoms with Crippen LogP contribution in [0.2, 0.25) is 0 Å². The van der Waals surface area contributed by atoms with E-state index < -0.39 is 37.1 Å². The molecule has 0 spiro atoms. The second-order valence-corrected chi connectivity index (χ2v) is 15.3. The Hall–Kier alpha value is -2.79. The maximum Gasteiger partial charge on any atom is 0.481 e. The van der Waals surface area contributed by atoms with Crippen LogP contribution >= 0.6 is 0 Å². The first-order valence-corrected chi connectivity index (χ1v) is 16.3. The molecular weight excluding hydrogens is 561 g/mol. The second-order valence-electron chi connectivity index (χ2n) is 15.3. The van der Waals surface area contributed by atoms with Crippen molar-refractivity contribution < 1.29 is 33.2 Å². The van der Waals surface area contributed by atoms with Crippen molar-refractivity contribution >= 4 is 25.2 Å². The zero-order valence-corrected chi connectivity index (χ0v) is 27.3. The number of likely N-dealkylation sites (tertiary alicyclic amines) is 1. The van der Waals surface area contributed by atoms with E-state index in [9.17, 15) is 14.4 Å². The monoisotopic (exact) mass is 609 g/mol. The maximum atomic E-state index is 14.0. The Labute approximate surface area is 261 Å². The lowest BCUT2D eigenvalue weighted by Crippen LogP contribution is -2.65. The van der Waals surface area contributed by atoms with Gasteiger partial charge in [-0.25, -0.2) is 9.59 Å². The molecule has 5 fully saturated rings. The smallest absolute Gasteiger partial charge is 0.444 e. The number of hydrogen-bond acceptors (Lipinski definition) is 7. The van der Waals surface area contributed by atoms with Crippen molar-refractivity contribution in [2.24, 2.45) is 17.3 Å². The summed E-state index contributed by atoms with van der Waals surface area (Å²) in [5.41, 5.74) is 1.27. The van der Waals surface area contributed by atoms with Crippen molar-refractivity contribution in [1.82, 2.24) is 15.1 Å². The normalized spacial score (nSPS) is 32.4. The van der Waals surface area contributed by atoms with Gasteiger partial charge < -0.3 is 24.1 Å². The fourth-order valence-electron chi connectivity index (χ4n) is 8.27. The third-order valence-electron chi connectivity index (χ3n) is 10.8. The number of carbonyl (C=O) groups is 3. The Bertz CT molecular complexity index is 1280. The van der Waals surface area contributed by atoms with Gasteiger partial charge in [-0.3, -0.25) is 14.6 Å². The van der Waals surface area contributed by atoms with Crippen LogP contribution in [0.5, 0.6) is 0 Å². The summed E-state index contributed by atoms with van der Waals surface area (Å²) in [6.45, 7) is 15.3. The molecular formula is C33H48BN3O7. The number of benzene rings is 1. The van der Waals surface area contributed by atoms with E-state index in [2.05, 4.69) is 33.0 Å². The third-order valence-corrected chi connectivity index (χ3v) is 10.8. The highest BCUT2D eigenvalue weighted by atomic mass is 16.7. The van der Waals surface area contributed by atoms with Crippen LogP contribution in [0.3, 0.4) is 0 Å². The molecule has 6 aliphatic rings. The Morgan fingerprint density at radius 2 is 1.75 bits per heavy atom. The number of hydrogen-bond donors (Lipinski definition) is 1. The molecule has 7 atom stereocenters. The molecule has 3 amide bonds. The Morgan fingerprint density at radius 1 is 1.07 bits per heavy atom. The van der Waals surface area contributed by atoms with Crippen LogP contribution in [-0.4, -0.2) is 76.9 Å². The molecule has 3 aliphatic carbocycles. The molecule has 2 saturated heterocycles. The highest BCUT2D eigenvalue weighted by molar-refractivity contribution is 6.47. The molecule has 1 aromatic carbocycles. The first-order valence-electron chi connectivity index (χ1n) is 16.3. The summed E-state index contributed by atoms with van der Waals surface area (Å²) >= 11 is 0. The Kier molecular flexibility index (Phi) is 7.96. The SMILES string of the molecule is CCC[C@H](NC(=O)[C@@H]1C[C@@H](OC(=O)N2Cc3ccccc3C2)CN1C(=O)OC(C)(C)C)B1O[C@@H]2C[C@H]3C[C@H](C3(C)C)[C@]2(C)O1. The van der Waals surface area contributed by atoms with Crippen molar-refractivity contribution in [1.29, 1.82) is 0 Å². The molecule has 1 N–H and O–H groups in total. The van der Waals surface area contributed by atoms with Crippen molar-refractivity contribution in [3.8, 4) is 0 Å². The highest BCUT2D eigenvalue weighted by Gasteiger charge is 2.68. The van der Waals surface area contributed by atoms with E-state index in [-0.39, 0.29) is 41.9 Å².